The first-order valence-corrected chi connectivity index (χ1v) is 11.6. The highest BCUT2D eigenvalue weighted by molar-refractivity contribution is 7.17. The quantitative estimate of drug-likeness (QED) is 0.488. The number of ether oxygens (including phenoxy) is 2. The van der Waals surface area contributed by atoms with E-state index in [1.165, 1.54) is 16.2 Å². The summed E-state index contributed by atoms with van der Waals surface area (Å²) in [6, 6.07) is 13.7. The molecule has 2 aromatic carbocycles. The van der Waals surface area contributed by atoms with Gasteiger partial charge in [0.1, 0.15) is 10.8 Å². The number of thiophene rings is 1. The number of amides is 1. The van der Waals surface area contributed by atoms with Gasteiger partial charge in [0, 0.05) is 4.88 Å². The Morgan fingerprint density at radius 2 is 1.97 bits per heavy atom. The van der Waals surface area contributed by atoms with E-state index in [0.29, 0.717) is 28.8 Å². The SMILES string of the molecule is CCCOC(=O)c1c(NC(=O)COc2ccc3ccccc3c2)sc2c1CCC(C)C2. The summed E-state index contributed by atoms with van der Waals surface area (Å²) in [7, 11) is 0. The van der Waals surface area contributed by atoms with Gasteiger partial charge in [0.25, 0.3) is 5.91 Å². The van der Waals surface area contributed by atoms with Crippen molar-refractivity contribution in [2.75, 3.05) is 18.5 Å². The molecule has 0 saturated carbocycles. The Bertz CT molecular complexity index is 1100. The zero-order chi connectivity index (χ0) is 21.8. The van der Waals surface area contributed by atoms with Gasteiger partial charge >= 0.3 is 5.97 Å². The lowest BCUT2D eigenvalue weighted by Crippen LogP contribution is -2.21. The number of esters is 1. The molecule has 1 atom stereocenters. The third kappa shape index (κ3) is 4.90. The smallest absolute Gasteiger partial charge is 0.341 e. The molecule has 1 aliphatic rings. The van der Waals surface area contributed by atoms with E-state index in [1.807, 2.05) is 49.4 Å². The molecule has 1 aromatic heterocycles. The molecule has 31 heavy (non-hydrogen) atoms. The minimum Gasteiger partial charge on any atom is -0.484 e. The molecular formula is C25H27NO4S. The van der Waals surface area contributed by atoms with Gasteiger partial charge in [0.05, 0.1) is 12.2 Å². The van der Waals surface area contributed by atoms with Gasteiger partial charge in [-0.1, -0.05) is 44.2 Å². The van der Waals surface area contributed by atoms with Gasteiger partial charge in [0.15, 0.2) is 6.61 Å². The Balaban J connectivity index is 1.48. The van der Waals surface area contributed by atoms with Gasteiger partial charge in [-0.05, 0) is 60.1 Å². The van der Waals surface area contributed by atoms with Gasteiger partial charge in [-0.15, -0.1) is 11.3 Å². The van der Waals surface area contributed by atoms with Crippen LogP contribution in [0.4, 0.5) is 5.00 Å². The second kappa shape index (κ2) is 9.52. The van der Waals surface area contributed by atoms with Crippen LogP contribution in [0.3, 0.4) is 0 Å². The zero-order valence-electron chi connectivity index (χ0n) is 17.9. The third-order valence-corrected chi connectivity index (χ3v) is 6.67. The lowest BCUT2D eigenvalue weighted by Gasteiger charge is -2.18. The number of nitrogens with one attached hydrogen (secondary N) is 1. The summed E-state index contributed by atoms with van der Waals surface area (Å²) in [6.45, 7) is 4.43. The van der Waals surface area contributed by atoms with Crippen LogP contribution >= 0.6 is 11.3 Å². The van der Waals surface area contributed by atoms with Gasteiger partial charge in [-0.2, -0.15) is 0 Å². The highest BCUT2D eigenvalue weighted by Gasteiger charge is 2.29. The van der Waals surface area contributed by atoms with Crippen LogP contribution in [0.1, 0.15) is 47.5 Å². The molecular weight excluding hydrogens is 410 g/mol. The van der Waals surface area contributed by atoms with Crippen molar-refractivity contribution in [1.82, 2.24) is 0 Å². The molecule has 0 radical (unpaired) electrons. The van der Waals surface area contributed by atoms with Crippen molar-refractivity contribution in [3.8, 4) is 5.75 Å². The van der Waals surface area contributed by atoms with E-state index in [4.69, 9.17) is 9.47 Å². The largest absolute Gasteiger partial charge is 0.484 e. The first-order chi connectivity index (χ1) is 15.0. The van der Waals surface area contributed by atoms with E-state index >= 15 is 0 Å². The van der Waals surface area contributed by atoms with Crippen molar-refractivity contribution in [1.29, 1.82) is 0 Å². The number of fused-ring (bicyclic) bond motifs is 2. The van der Waals surface area contributed by atoms with Crippen LogP contribution in [-0.4, -0.2) is 25.1 Å². The third-order valence-electron chi connectivity index (χ3n) is 5.50. The Morgan fingerprint density at radius 3 is 2.77 bits per heavy atom. The van der Waals surface area contributed by atoms with Crippen molar-refractivity contribution in [2.45, 2.75) is 39.5 Å². The Morgan fingerprint density at radius 1 is 1.16 bits per heavy atom. The van der Waals surface area contributed by atoms with Crippen molar-refractivity contribution >= 4 is 39.0 Å². The van der Waals surface area contributed by atoms with Crippen LogP contribution in [0.5, 0.6) is 5.75 Å². The number of carbonyl (C=O) groups excluding carboxylic acids is 2. The summed E-state index contributed by atoms with van der Waals surface area (Å²) in [5.74, 6) is 0.574. The summed E-state index contributed by atoms with van der Waals surface area (Å²) in [5.41, 5.74) is 1.56. The molecule has 1 unspecified atom stereocenters. The fraction of sp³-hybridized carbons (Fsp3) is 0.360. The normalized spacial score (nSPS) is 15.4. The lowest BCUT2D eigenvalue weighted by molar-refractivity contribution is -0.118. The molecule has 0 fully saturated rings. The first-order valence-electron chi connectivity index (χ1n) is 10.8. The number of carbonyl (C=O) groups is 2. The maximum atomic E-state index is 12.7. The van der Waals surface area contributed by atoms with Crippen LogP contribution in [0, 0.1) is 5.92 Å². The van der Waals surface area contributed by atoms with E-state index < -0.39 is 0 Å². The predicted molar refractivity (Wildman–Crippen MR) is 124 cm³/mol. The standard InChI is InChI=1S/C25H27NO4S/c1-3-12-29-25(28)23-20-11-8-16(2)13-21(20)31-24(23)26-22(27)15-30-19-10-9-17-6-4-5-7-18(17)14-19/h4-7,9-10,14,16H,3,8,11-13,15H2,1-2H3,(H,26,27). The first kappa shape index (κ1) is 21.4. The Labute approximate surface area is 186 Å². The summed E-state index contributed by atoms with van der Waals surface area (Å²) in [6.07, 6.45) is 3.57. The van der Waals surface area contributed by atoms with Gasteiger partial charge in [-0.3, -0.25) is 4.79 Å². The van der Waals surface area contributed by atoms with Gasteiger partial charge in [-0.25, -0.2) is 4.79 Å². The summed E-state index contributed by atoms with van der Waals surface area (Å²) in [5, 5.41) is 5.65. The lowest BCUT2D eigenvalue weighted by atomic mass is 9.88. The highest BCUT2D eigenvalue weighted by Crippen LogP contribution is 2.40. The van der Waals surface area contributed by atoms with Gasteiger partial charge in [0.2, 0.25) is 0 Å². The van der Waals surface area contributed by atoms with E-state index in [2.05, 4.69) is 12.2 Å². The Hall–Kier alpha value is -2.86. The van der Waals surface area contributed by atoms with Crippen LogP contribution < -0.4 is 10.1 Å². The van der Waals surface area contributed by atoms with Gasteiger partial charge < -0.3 is 14.8 Å². The topological polar surface area (TPSA) is 64.6 Å². The van der Waals surface area contributed by atoms with Crippen LogP contribution in [-0.2, 0) is 22.4 Å². The number of rotatable bonds is 7. The summed E-state index contributed by atoms with van der Waals surface area (Å²) < 4.78 is 11.1. The van der Waals surface area contributed by atoms with E-state index in [9.17, 15) is 9.59 Å². The second-order valence-electron chi connectivity index (χ2n) is 8.04. The molecule has 1 heterocycles. The average molecular weight is 438 g/mol. The van der Waals surface area contributed by atoms with E-state index in [1.54, 1.807) is 0 Å². The fourth-order valence-electron chi connectivity index (χ4n) is 3.89. The molecule has 0 aliphatic heterocycles. The van der Waals surface area contributed by atoms with Crippen LogP contribution in [0.15, 0.2) is 42.5 Å². The molecule has 0 saturated heterocycles. The fourth-order valence-corrected chi connectivity index (χ4v) is 5.31. The Kier molecular flexibility index (Phi) is 6.56. The zero-order valence-corrected chi connectivity index (χ0v) is 18.7. The second-order valence-corrected chi connectivity index (χ2v) is 9.14. The molecule has 4 rings (SSSR count). The van der Waals surface area contributed by atoms with E-state index in [-0.39, 0.29) is 18.5 Å². The van der Waals surface area contributed by atoms with Crippen LogP contribution in [0.2, 0.25) is 0 Å². The predicted octanol–water partition coefficient (Wildman–Crippen LogP) is 5.61. The number of benzene rings is 2. The summed E-state index contributed by atoms with van der Waals surface area (Å²) >= 11 is 1.49. The molecule has 3 aromatic rings. The summed E-state index contributed by atoms with van der Waals surface area (Å²) in [4.78, 5) is 26.5. The van der Waals surface area contributed by atoms with Crippen molar-refractivity contribution in [3.05, 3.63) is 58.5 Å². The average Bonchev–Trinajstić information content (AvgIpc) is 3.12. The van der Waals surface area contributed by atoms with E-state index in [0.717, 1.165) is 42.0 Å². The monoisotopic (exact) mass is 437 g/mol. The number of hydrogen-bond donors (Lipinski definition) is 1. The van der Waals surface area contributed by atoms with Crippen molar-refractivity contribution in [3.63, 3.8) is 0 Å². The van der Waals surface area contributed by atoms with Crippen molar-refractivity contribution in [2.24, 2.45) is 5.92 Å². The molecule has 0 spiro atoms. The molecule has 0 bridgehead atoms. The molecule has 6 heteroatoms. The highest BCUT2D eigenvalue weighted by atomic mass is 32.1. The molecule has 162 valence electrons. The molecule has 1 aliphatic carbocycles. The number of hydrogen-bond acceptors (Lipinski definition) is 5. The van der Waals surface area contributed by atoms with Crippen molar-refractivity contribution < 1.29 is 19.1 Å². The number of anilines is 1. The molecule has 1 amide bonds. The molecule has 5 nitrogen and oxygen atoms in total. The van der Waals surface area contributed by atoms with Crippen LogP contribution in [0.25, 0.3) is 10.8 Å². The minimum atomic E-state index is -0.348. The maximum absolute atomic E-state index is 12.7. The minimum absolute atomic E-state index is 0.124. The maximum Gasteiger partial charge on any atom is 0.341 e. The molecule has 1 N–H and O–H groups in total.